The molecule has 2 heteroatoms. The zero-order valence-electron chi connectivity index (χ0n) is 21.8. The average Bonchev–Trinajstić information content (AvgIpc) is 2.86. The van der Waals surface area contributed by atoms with Gasteiger partial charge in [-0.1, -0.05) is 136 Å². The number of halogens is 2. The Morgan fingerprint density at radius 2 is 0.971 bits per heavy atom. The molecule has 0 aliphatic carbocycles. The quantitative estimate of drug-likeness (QED) is 0.245. The van der Waals surface area contributed by atoms with Gasteiger partial charge in [-0.3, -0.25) is 0 Å². The first-order chi connectivity index (χ1) is 16.7. The van der Waals surface area contributed by atoms with E-state index >= 15 is 0 Å². The molecule has 0 radical (unpaired) electrons. The van der Waals surface area contributed by atoms with Gasteiger partial charge in [-0.05, 0) is 69.8 Å². The number of hydrogen-bond donors (Lipinski definition) is 0. The first-order valence-electron chi connectivity index (χ1n) is 12.3. The van der Waals surface area contributed by atoms with Crippen LogP contribution in [0.5, 0.6) is 0 Å². The maximum Gasteiger partial charge on any atom is 0.123 e. The van der Waals surface area contributed by atoms with Crippen LogP contribution in [0.25, 0.3) is 11.1 Å². The molecule has 0 saturated carbocycles. The van der Waals surface area contributed by atoms with Gasteiger partial charge >= 0.3 is 0 Å². The molecule has 0 atom stereocenters. The van der Waals surface area contributed by atoms with Gasteiger partial charge < -0.3 is 0 Å². The molecule has 0 nitrogen and oxygen atoms in total. The van der Waals surface area contributed by atoms with E-state index in [2.05, 4.69) is 136 Å². The first kappa shape index (κ1) is 28.5. The van der Waals surface area contributed by atoms with Crippen molar-refractivity contribution in [2.24, 2.45) is 0 Å². The molecule has 0 aromatic heterocycles. The van der Waals surface area contributed by atoms with Crippen LogP contribution >= 0.6 is 15.9 Å². The Labute approximate surface area is 220 Å². The molecule has 0 fully saturated rings. The Morgan fingerprint density at radius 3 is 1.46 bits per heavy atom. The molecule has 4 aromatic carbocycles. The maximum absolute atomic E-state index is 12.5. The lowest BCUT2D eigenvalue weighted by Crippen LogP contribution is -1.87. The topological polar surface area (TPSA) is 0 Å². The van der Waals surface area contributed by atoms with Crippen molar-refractivity contribution >= 4 is 15.9 Å². The zero-order chi connectivity index (χ0) is 25.8. The summed E-state index contributed by atoms with van der Waals surface area (Å²) in [6, 6.07) is 34.5. The SMILES string of the molecule is CC(C)c1ccc(Br)cc1.CC(C)c1cccc(-c2ccccc2)c1.CC(C)c1cccc(F)c1. The van der Waals surface area contributed by atoms with Crippen LogP contribution in [-0.4, -0.2) is 0 Å². The predicted octanol–water partition coefficient (Wildman–Crippen LogP) is 11.0. The van der Waals surface area contributed by atoms with E-state index in [0.717, 1.165) is 10.0 Å². The Morgan fingerprint density at radius 1 is 0.486 bits per heavy atom. The highest BCUT2D eigenvalue weighted by Crippen LogP contribution is 2.23. The summed E-state index contributed by atoms with van der Waals surface area (Å²) in [5, 5.41) is 0. The van der Waals surface area contributed by atoms with Crippen molar-refractivity contribution in [3.63, 3.8) is 0 Å². The summed E-state index contributed by atoms with van der Waals surface area (Å²) in [5.41, 5.74) is 6.45. The number of hydrogen-bond acceptors (Lipinski definition) is 0. The third-order valence-corrected chi connectivity index (χ3v) is 6.24. The summed E-state index contributed by atoms with van der Waals surface area (Å²) in [6.07, 6.45) is 0. The second-order valence-corrected chi connectivity index (χ2v) is 10.5. The Hall–Kier alpha value is -2.71. The normalized spacial score (nSPS) is 10.5. The van der Waals surface area contributed by atoms with E-state index in [4.69, 9.17) is 0 Å². The van der Waals surface area contributed by atoms with E-state index in [1.807, 2.05) is 6.07 Å². The van der Waals surface area contributed by atoms with Gasteiger partial charge in [0.05, 0.1) is 0 Å². The monoisotopic (exact) mass is 532 g/mol. The lowest BCUT2D eigenvalue weighted by Gasteiger charge is -2.08. The molecule has 0 unspecified atom stereocenters. The van der Waals surface area contributed by atoms with Crippen molar-refractivity contribution in [2.75, 3.05) is 0 Å². The Balaban J connectivity index is 0.000000192. The lowest BCUT2D eigenvalue weighted by atomic mass is 9.98. The molecule has 0 bridgehead atoms. The average molecular weight is 534 g/mol. The molecule has 0 heterocycles. The molecule has 4 rings (SSSR count). The van der Waals surface area contributed by atoms with Gasteiger partial charge in [0.1, 0.15) is 5.82 Å². The van der Waals surface area contributed by atoms with Crippen molar-refractivity contribution in [2.45, 2.75) is 59.3 Å². The first-order valence-corrected chi connectivity index (χ1v) is 13.1. The van der Waals surface area contributed by atoms with Crippen molar-refractivity contribution in [3.8, 4) is 11.1 Å². The highest BCUT2D eigenvalue weighted by molar-refractivity contribution is 9.10. The molecule has 0 aliphatic rings. The molecule has 0 spiro atoms. The Kier molecular flexibility index (Phi) is 11.9. The van der Waals surface area contributed by atoms with E-state index in [0.29, 0.717) is 17.8 Å². The summed E-state index contributed by atoms with van der Waals surface area (Å²) in [6.45, 7) is 12.9. The lowest BCUT2D eigenvalue weighted by molar-refractivity contribution is 0.623. The molecule has 184 valence electrons. The van der Waals surface area contributed by atoms with Crippen molar-refractivity contribution in [1.29, 1.82) is 0 Å². The van der Waals surface area contributed by atoms with E-state index in [-0.39, 0.29) is 5.82 Å². The van der Waals surface area contributed by atoms with E-state index in [1.54, 1.807) is 12.1 Å². The fourth-order valence-electron chi connectivity index (χ4n) is 3.42. The van der Waals surface area contributed by atoms with Crippen LogP contribution in [0.2, 0.25) is 0 Å². The minimum atomic E-state index is -0.147. The zero-order valence-corrected chi connectivity index (χ0v) is 23.4. The van der Waals surface area contributed by atoms with Gasteiger partial charge in [0.15, 0.2) is 0 Å². The molecule has 0 saturated heterocycles. The Bertz CT molecular complexity index is 1130. The van der Waals surface area contributed by atoms with Crippen molar-refractivity contribution in [3.05, 3.63) is 130 Å². The van der Waals surface area contributed by atoms with Crippen LogP contribution in [0, 0.1) is 5.82 Å². The molecule has 4 aromatic rings. The third-order valence-electron chi connectivity index (χ3n) is 5.71. The summed E-state index contributed by atoms with van der Waals surface area (Å²) >= 11 is 3.39. The second kappa shape index (κ2) is 14.6. The molecular weight excluding hydrogens is 495 g/mol. The van der Waals surface area contributed by atoms with E-state index in [1.165, 1.54) is 28.3 Å². The van der Waals surface area contributed by atoms with Gasteiger partial charge in [0.2, 0.25) is 0 Å². The van der Waals surface area contributed by atoms with Crippen LogP contribution in [0.15, 0.2) is 108 Å². The molecular formula is C33H38BrF. The minimum Gasteiger partial charge on any atom is -0.207 e. The van der Waals surface area contributed by atoms with Crippen molar-refractivity contribution in [1.82, 2.24) is 0 Å². The van der Waals surface area contributed by atoms with Crippen LogP contribution < -0.4 is 0 Å². The van der Waals surface area contributed by atoms with Gasteiger partial charge in [-0.25, -0.2) is 4.39 Å². The highest BCUT2D eigenvalue weighted by atomic mass is 79.9. The molecule has 0 aliphatic heterocycles. The summed E-state index contributed by atoms with van der Waals surface area (Å²) in [5.74, 6) is 1.49. The van der Waals surface area contributed by atoms with Crippen molar-refractivity contribution < 1.29 is 4.39 Å². The smallest absolute Gasteiger partial charge is 0.123 e. The standard InChI is InChI=1S/C15H16.C9H11Br.C9H11F/c1-12(2)14-9-6-10-15(11-14)13-7-4-3-5-8-13;1-7(2)8-3-5-9(10)6-4-8;1-7(2)8-4-3-5-9(10)6-8/h3-12H,1-2H3;2*3-7H,1-2H3. The highest BCUT2D eigenvalue weighted by Gasteiger charge is 2.01. The van der Waals surface area contributed by atoms with E-state index < -0.39 is 0 Å². The van der Waals surface area contributed by atoms with Crippen LogP contribution in [0.3, 0.4) is 0 Å². The van der Waals surface area contributed by atoms with Gasteiger partial charge in [-0.2, -0.15) is 0 Å². The fraction of sp³-hybridized carbons (Fsp3) is 0.273. The summed E-state index contributed by atoms with van der Waals surface area (Å²) in [7, 11) is 0. The fourth-order valence-corrected chi connectivity index (χ4v) is 3.69. The molecule has 35 heavy (non-hydrogen) atoms. The van der Waals surface area contributed by atoms with Crippen LogP contribution in [0.4, 0.5) is 4.39 Å². The second-order valence-electron chi connectivity index (χ2n) is 9.56. The van der Waals surface area contributed by atoms with Crippen LogP contribution in [-0.2, 0) is 0 Å². The largest absolute Gasteiger partial charge is 0.207 e. The minimum absolute atomic E-state index is 0.147. The van der Waals surface area contributed by atoms with Gasteiger partial charge in [-0.15, -0.1) is 0 Å². The van der Waals surface area contributed by atoms with Gasteiger partial charge in [0.25, 0.3) is 0 Å². The molecule has 0 N–H and O–H groups in total. The third kappa shape index (κ3) is 10.2. The maximum atomic E-state index is 12.5. The van der Waals surface area contributed by atoms with Crippen LogP contribution in [0.1, 0.15) is 76.0 Å². The molecule has 0 amide bonds. The predicted molar refractivity (Wildman–Crippen MR) is 155 cm³/mol. The number of benzene rings is 4. The van der Waals surface area contributed by atoms with Gasteiger partial charge in [0, 0.05) is 4.47 Å². The summed E-state index contributed by atoms with van der Waals surface area (Å²) < 4.78 is 13.7. The number of rotatable bonds is 4. The van der Waals surface area contributed by atoms with E-state index in [9.17, 15) is 4.39 Å². The summed E-state index contributed by atoms with van der Waals surface area (Å²) in [4.78, 5) is 0.